The SMILES string of the molecule is CCCCCCCCC(CCc1cc(C(F)(F)F)cc(C(F)(F)F)c1)C(OCCC)(OCCC)OCCC. The molecule has 1 aromatic rings. The molecule has 9 heteroatoms. The van der Waals surface area contributed by atoms with Crippen molar-refractivity contribution in [3.05, 3.63) is 34.9 Å². The first-order valence-corrected chi connectivity index (χ1v) is 14.1. The highest BCUT2D eigenvalue weighted by Crippen LogP contribution is 2.38. The van der Waals surface area contributed by atoms with E-state index in [-0.39, 0.29) is 30.4 Å². The van der Waals surface area contributed by atoms with E-state index in [1.54, 1.807) is 0 Å². The molecule has 222 valence electrons. The van der Waals surface area contributed by atoms with Crippen molar-refractivity contribution in [3.8, 4) is 0 Å². The molecule has 0 fully saturated rings. The number of hydrogen-bond acceptors (Lipinski definition) is 3. The first-order chi connectivity index (χ1) is 17.9. The molecule has 38 heavy (non-hydrogen) atoms. The zero-order chi connectivity index (χ0) is 28.7. The Kier molecular flexibility index (Phi) is 15.9. The van der Waals surface area contributed by atoms with Crippen LogP contribution in [0.3, 0.4) is 0 Å². The van der Waals surface area contributed by atoms with Crippen LogP contribution in [0.25, 0.3) is 0 Å². The van der Waals surface area contributed by atoms with Gasteiger partial charge in [0, 0.05) is 5.92 Å². The molecule has 0 aliphatic heterocycles. The minimum absolute atomic E-state index is 0.00963. The van der Waals surface area contributed by atoms with Crippen LogP contribution in [0.2, 0.25) is 0 Å². The minimum Gasteiger partial charge on any atom is -0.327 e. The van der Waals surface area contributed by atoms with Gasteiger partial charge in [0.05, 0.1) is 30.9 Å². The summed E-state index contributed by atoms with van der Waals surface area (Å²) in [5.74, 6) is -1.75. The highest BCUT2D eigenvalue weighted by atomic mass is 19.4. The molecule has 1 atom stereocenters. The molecule has 0 aromatic heterocycles. The van der Waals surface area contributed by atoms with Gasteiger partial charge in [-0.3, -0.25) is 0 Å². The van der Waals surface area contributed by atoms with Gasteiger partial charge in [0.15, 0.2) is 0 Å². The summed E-state index contributed by atoms with van der Waals surface area (Å²) in [4.78, 5) is 0. The maximum Gasteiger partial charge on any atom is 0.416 e. The normalized spacial score (nSPS) is 13.7. The van der Waals surface area contributed by atoms with Crippen LogP contribution in [0.5, 0.6) is 0 Å². The van der Waals surface area contributed by atoms with Gasteiger partial charge in [-0.1, -0.05) is 66.2 Å². The van der Waals surface area contributed by atoms with Gasteiger partial charge in [0.2, 0.25) is 0 Å². The molecule has 0 amide bonds. The average molecular weight is 557 g/mol. The van der Waals surface area contributed by atoms with E-state index in [0.717, 1.165) is 50.7 Å². The Balaban J connectivity index is 3.31. The van der Waals surface area contributed by atoms with E-state index in [1.165, 1.54) is 0 Å². The lowest BCUT2D eigenvalue weighted by Crippen LogP contribution is -2.47. The van der Waals surface area contributed by atoms with E-state index in [4.69, 9.17) is 14.2 Å². The molecule has 3 nitrogen and oxygen atoms in total. The Hall–Kier alpha value is -1.32. The minimum atomic E-state index is -4.88. The van der Waals surface area contributed by atoms with Crippen LogP contribution >= 0.6 is 0 Å². The third kappa shape index (κ3) is 12.2. The summed E-state index contributed by atoms with van der Waals surface area (Å²) < 4.78 is 99.0. The predicted molar refractivity (Wildman–Crippen MR) is 138 cm³/mol. The van der Waals surface area contributed by atoms with Crippen LogP contribution in [0.1, 0.15) is 115 Å². The summed E-state index contributed by atoms with van der Waals surface area (Å²) in [7, 11) is 0. The predicted octanol–water partition coefficient (Wildman–Crippen LogP) is 9.96. The standard InChI is InChI=1S/C29H46F6O3/c1-5-9-10-11-12-13-14-24(29(36-17-6-2,37-18-7-3)38-19-8-4)16-15-23-20-25(27(30,31)32)22-26(21-23)28(33,34)35/h20-22,24H,5-19H2,1-4H3. The molecule has 0 bridgehead atoms. The van der Waals surface area contributed by atoms with Gasteiger partial charge in [-0.05, 0) is 62.3 Å². The number of alkyl halides is 6. The molecular weight excluding hydrogens is 510 g/mol. The van der Waals surface area contributed by atoms with Gasteiger partial charge in [0.1, 0.15) is 0 Å². The van der Waals surface area contributed by atoms with Crippen molar-refractivity contribution < 1.29 is 40.6 Å². The summed E-state index contributed by atoms with van der Waals surface area (Å²) in [6.07, 6.45) is -0.429. The Bertz CT molecular complexity index is 710. The van der Waals surface area contributed by atoms with Crippen molar-refractivity contribution >= 4 is 0 Å². The average Bonchev–Trinajstić information content (AvgIpc) is 2.86. The van der Waals surface area contributed by atoms with Gasteiger partial charge in [-0.15, -0.1) is 0 Å². The van der Waals surface area contributed by atoms with Crippen LogP contribution in [0.4, 0.5) is 26.3 Å². The summed E-state index contributed by atoms with van der Waals surface area (Å²) in [6, 6.07) is 1.79. The fourth-order valence-corrected chi connectivity index (χ4v) is 4.39. The number of hydrogen-bond donors (Lipinski definition) is 0. The monoisotopic (exact) mass is 556 g/mol. The second-order valence-electron chi connectivity index (χ2n) is 9.86. The van der Waals surface area contributed by atoms with Crippen molar-refractivity contribution in [2.45, 2.75) is 123 Å². The van der Waals surface area contributed by atoms with Crippen LogP contribution in [-0.4, -0.2) is 25.8 Å². The first-order valence-electron chi connectivity index (χ1n) is 14.1. The fraction of sp³-hybridized carbons (Fsp3) is 0.793. The lowest BCUT2D eigenvalue weighted by molar-refractivity contribution is -0.406. The van der Waals surface area contributed by atoms with Gasteiger partial charge in [0.25, 0.3) is 5.97 Å². The molecule has 0 heterocycles. The van der Waals surface area contributed by atoms with Crippen molar-refractivity contribution in [1.29, 1.82) is 0 Å². The van der Waals surface area contributed by atoms with E-state index >= 15 is 0 Å². The summed E-state index contributed by atoms with van der Waals surface area (Å²) >= 11 is 0. The highest BCUT2D eigenvalue weighted by molar-refractivity contribution is 5.33. The molecule has 0 spiro atoms. The summed E-state index contributed by atoms with van der Waals surface area (Å²) in [6.45, 7) is 9.09. The number of aryl methyl sites for hydroxylation is 1. The van der Waals surface area contributed by atoms with Crippen molar-refractivity contribution in [2.75, 3.05) is 19.8 Å². The van der Waals surface area contributed by atoms with Crippen LogP contribution < -0.4 is 0 Å². The van der Waals surface area contributed by atoms with E-state index in [2.05, 4.69) is 6.92 Å². The Morgan fingerprint density at radius 1 is 0.579 bits per heavy atom. The second kappa shape index (κ2) is 17.4. The zero-order valence-electron chi connectivity index (χ0n) is 23.4. The zero-order valence-corrected chi connectivity index (χ0v) is 23.4. The molecule has 0 N–H and O–H groups in total. The number of ether oxygens (including phenoxy) is 3. The smallest absolute Gasteiger partial charge is 0.327 e. The van der Waals surface area contributed by atoms with E-state index in [0.29, 0.717) is 45.5 Å². The first kappa shape index (κ1) is 34.7. The molecule has 0 aliphatic carbocycles. The van der Waals surface area contributed by atoms with E-state index in [9.17, 15) is 26.3 Å². The summed E-state index contributed by atoms with van der Waals surface area (Å²) in [5, 5.41) is 0. The van der Waals surface area contributed by atoms with Gasteiger partial charge in [-0.25, -0.2) is 0 Å². The molecular formula is C29H46F6O3. The Morgan fingerprint density at radius 3 is 1.45 bits per heavy atom. The van der Waals surface area contributed by atoms with E-state index in [1.807, 2.05) is 20.8 Å². The van der Waals surface area contributed by atoms with Crippen molar-refractivity contribution in [1.82, 2.24) is 0 Å². The molecule has 0 saturated carbocycles. The quantitative estimate of drug-likeness (QED) is 0.0909. The molecule has 1 rings (SSSR count). The highest BCUT2D eigenvalue weighted by Gasteiger charge is 2.42. The fourth-order valence-electron chi connectivity index (χ4n) is 4.39. The van der Waals surface area contributed by atoms with Crippen molar-refractivity contribution in [3.63, 3.8) is 0 Å². The summed E-state index contributed by atoms with van der Waals surface area (Å²) in [5.41, 5.74) is -2.61. The van der Waals surface area contributed by atoms with E-state index < -0.39 is 29.5 Å². The number of rotatable bonds is 20. The third-order valence-corrected chi connectivity index (χ3v) is 6.36. The molecule has 1 unspecified atom stereocenters. The van der Waals surface area contributed by atoms with Crippen LogP contribution in [0.15, 0.2) is 18.2 Å². The Labute approximate surface area is 224 Å². The molecule has 0 saturated heterocycles. The molecule has 1 aromatic carbocycles. The maximum atomic E-state index is 13.4. The van der Waals surface area contributed by atoms with Gasteiger partial charge < -0.3 is 14.2 Å². The maximum absolute atomic E-state index is 13.4. The van der Waals surface area contributed by atoms with Crippen LogP contribution in [-0.2, 0) is 33.0 Å². The number of unbranched alkanes of at least 4 members (excludes halogenated alkanes) is 5. The largest absolute Gasteiger partial charge is 0.416 e. The third-order valence-electron chi connectivity index (χ3n) is 6.36. The van der Waals surface area contributed by atoms with Crippen LogP contribution in [0, 0.1) is 5.92 Å². The molecule has 0 radical (unpaired) electrons. The second-order valence-corrected chi connectivity index (χ2v) is 9.86. The topological polar surface area (TPSA) is 27.7 Å². The van der Waals surface area contributed by atoms with Crippen molar-refractivity contribution in [2.24, 2.45) is 5.92 Å². The number of benzene rings is 1. The number of halogens is 6. The molecule has 0 aliphatic rings. The lowest BCUT2D eigenvalue weighted by Gasteiger charge is -2.40. The van der Waals surface area contributed by atoms with Gasteiger partial charge in [-0.2, -0.15) is 26.3 Å². The Morgan fingerprint density at radius 2 is 1.03 bits per heavy atom. The van der Waals surface area contributed by atoms with Gasteiger partial charge >= 0.3 is 12.4 Å². The lowest BCUT2D eigenvalue weighted by atomic mass is 9.90.